The summed E-state index contributed by atoms with van der Waals surface area (Å²) in [5, 5.41) is 13.1. The zero-order valence-electron chi connectivity index (χ0n) is 12.6. The van der Waals surface area contributed by atoms with Crippen LogP contribution in [0.3, 0.4) is 0 Å². The van der Waals surface area contributed by atoms with E-state index in [4.69, 9.17) is 0 Å². The third-order valence-corrected chi connectivity index (χ3v) is 4.26. The molecule has 2 N–H and O–H groups in total. The van der Waals surface area contributed by atoms with E-state index in [-0.39, 0.29) is 17.2 Å². The van der Waals surface area contributed by atoms with E-state index >= 15 is 0 Å². The average Bonchev–Trinajstić information content (AvgIpc) is 2.38. The Kier molecular flexibility index (Phi) is 6.21. The Morgan fingerprint density at radius 3 is 2.50 bits per heavy atom. The molecule has 1 unspecified atom stereocenters. The SMILES string of the molecule is CC(C)C(O)C(C)(C)CNC(=O)Cc1ccccc1Br. The summed E-state index contributed by atoms with van der Waals surface area (Å²) in [6.45, 7) is 8.37. The van der Waals surface area contributed by atoms with Crippen molar-refractivity contribution >= 4 is 21.8 Å². The number of hydrogen-bond donors (Lipinski definition) is 2. The van der Waals surface area contributed by atoms with E-state index in [1.165, 1.54) is 0 Å². The minimum Gasteiger partial charge on any atom is -0.392 e. The van der Waals surface area contributed by atoms with Gasteiger partial charge in [-0.25, -0.2) is 0 Å². The number of amides is 1. The van der Waals surface area contributed by atoms with Crippen LogP contribution in [-0.2, 0) is 11.2 Å². The van der Waals surface area contributed by atoms with Gasteiger partial charge in [0.15, 0.2) is 0 Å². The molecular weight excluding hydrogens is 318 g/mol. The first-order valence-electron chi connectivity index (χ1n) is 6.92. The summed E-state index contributed by atoms with van der Waals surface area (Å²) in [5.74, 6) is 0.145. The van der Waals surface area contributed by atoms with Gasteiger partial charge < -0.3 is 10.4 Å². The number of aliphatic hydroxyl groups is 1. The fraction of sp³-hybridized carbons (Fsp3) is 0.562. The first-order chi connectivity index (χ1) is 9.24. The number of rotatable bonds is 6. The van der Waals surface area contributed by atoms with Crippen LogP contribution >= 0.6 is 15.9 Å². The number of carbonyl (C=O) groups excluding carboxylic acids is 1. The maximum atomic E-state index is 12.0. The van der Waals surface area contributed by atoms with Gasteiger partial charge in [-0.15, -0.1) is 0 Å². The molecule has 0 spiro atoms. The topological polar surface area (TPSA) is 49.3 Å². The molecule has 0 heterocycles. The quantitative estimate of drug-likeness (QED) is 0.834. The fourth-order valence-corrected chi connectivity index (χ4v) is 2.64. The molecule has 0 aromatic heterocycles. The van der Waals surface area contributed by atoms with Crippen molar-refractivity contribution in [2.45, 2.75) is 40.2 Å². The van der Waals surface area contributed by atoms with Crippen LogP contribution in [0.2, 0.25) is 0 Å². The number of hydrogen-bond acceptors (Lipinski definition) is 2. The fourth-order valence-electron chi connectivity index (χ4n) is 2.21. The van der Waals surface area contributed by atoms with Crippen LogP contribution in [0.15, 0.2) is 28.7 Å². The molecule has 0 saturated heterocycles. The minimum absolute atomic E-state index is 0.0269. The van der Waals surface area contributed by atoms with E-state index in [0.29, 0.717) is 13.0 Å². The van der Waals surface area contributed by atoms with Crippen molar-refractivity contribution in [1.82, 2.24) is 5.32 Å². The average molecular weight is 342 g/mol. The molecule has 1 amide bonds. The molecule has 112 valence electrons. The molecule has 3 nitrogen and oxygen atoms in total. The van der Waals surface area contributed by atoms with Crippen LogP contribution in [-0.4, -0.2) is 23.7 Å². The summed E-state index contributed by atoms with van der Waals surface area (Å²) < 4.78 is 0.941. The van der Waals surface area contributed by atoms with Crippen LogP contribution in [0.4, 0.5) is 0 Å². The molecule has 1 aromatic carbocycles. The van der Waals surface area contributed by atoms with Crippen molar-refractivity contribution in [3.8, 4) is 0 Å². The van der Waals surface area contributed by atoms with E-state index in [9.17, 15) is 9.90 Å². The van der Waals surface area contributed by atoms with E-state index in [0.717, 1.165) is 10.0 Å². The van der Waals surface area contributed by atoms with Crippen LogP contribution in [0.5, 0.6) is 0 Å². The zero-order chi connectivity index (χ0) is 15.3. The molecule has 0 saturated carbocycles. The van der Waals surface area contributed by atoms with Gasteiger partial charge >= 0.3 is 0 Å². The van der Waals surface area contributed by atoms with E-state index in [1.54, 1.807) is 0 Å². The van der Waals surface area contributed by atoms with Crippen molar-refractivity contribution in [1.29, 1.82) is 0 Å². The first-order valence-corrected chi connectivity index (χ1v) is 7.71. The number of halogens is 1. The lowest BCUT2D eigenvalue weighted by molar-refractivity contribution is -0.121. The third kappa shape index (κ3) is 4.91. The molecule has 0 bridgehead atoms. The standard InChI is InChI=1S/C16H24BrNO2/c1-11(2)15(20)16(3,4)10-18-14(19)9-12-7-5-6-8-13(12)17/h5-8,11,15,20H,9-10H2,1-4H3,(H,18,19). The van der Waals surface area contributed by atoms with Gasteiger partial charge in [-0.05, 0) is 17.5 Å². The van der Waals surface area contributed by atoms with Crippen molar-refractivity contribution < 1.29 is 9.90 Å². The van der Waals surface area contributed by atoms with E-state index in [1.807, 2.05) is 52.0 Å². The Hall–Kier alpha value is -0.870. The molecule has 0 radical (unpaired) electrons. The second-order valence-electron chi connectivity index (χ2n) is 6.22. The zero-order valence-corrected chi connectivity index (χ0v) is 14.2. The highest BCUT2D eigenvalue weighted by Crippen LogP contribution is 2.25. The summed E-state index contributed by atoms with van der Waals surface area (Å²) >= 11 is 3.44. The molecule has 1 aromatic rings. The smallest absolute Gasteiger partial charge is 0.224 e. The monoisotopic (exact) mass is 341 g/mol. The molecule has 20 heavy (non-hydrogen) atoms. The summed E-state index contributed by atoms with van der Waals surface area (Å²) in [6, 6.07) is 7.69. The van der Waals surface area contributed by atoms with Crippen molar-refractivity contribution in [2.75, 3.05) is 6.54 Å². The van der Waals surface area contributed by atoms with Gasteiger partial charge in [0.25, 0.3) is 0 Å². The predicted octanol–water partition coefficient (Wildman–Crippen LogP) is 3.15. The van der Waals surface area contributed by atoms with Gasteiger partial charge in [-0.3, -0.25) is 4.79 Å². The second kappa shape index (κ2) is 7.23. The molecule has 1 atom stereocenters. The molecule has 0 fully saturated rings. The third-order valence-electron chi connectivity index (χ3n) is 3.48. The van der Waals surface area contributed by atoms with Crippen molar-refractivity contribution in [3.63, 3.8) is 0 Å². The molecule has 0 aliphatic rings. The van der Waals surface area contributed by atoms with Gasteiger partial charge in [0.2, 0.25) is 5.91 Å². The Morgan fingerprint density at radius 1 is 1.35 bits per heavy atom. The maximum Gasteiger partial charge on any atom is 0.224 e. The summed E-state index contributed by atoms with van der Waals surface area (Å²) in [6.07, 6.45) is -0.0961. The van der Waals surface area contributed by atoms with Crippen molar-refractivity contribution in [3.05, 3.63) is 34.3 Å². The van der Waals surface area contributed by atoms with Gasteiger partial charge in [0, 0.05) is 16.4 Å². The Morgan fingerprint density at radius 2 is 1.95 bits per heavy atom. The van der Waals surface area contributed by atoms with Gasteiger partial charge in [-0.2, -0.15) is 0 Å². The Bertz CT molecular complexity index is 458. The van der Waals surface area contributed by atoms with Crippen LogP contribution in [0.25, 0.3) is 0 Å². The summed E-state index contributed by atoms with van der Waals surface area (Å²) in [5.41, 5.74) is 0.629. The van der Waals surface area contributed by atoms with Gasteiger partial charge in [0.05, 0.1) is 12.5 Å². The normalized spacial score (nSPS) is 13.3. The van der Waals surface area contributed by atoms with Crippen LogP contribution < -0.4 is 5.32 Å². The maximum absolute atomic E-state index is 12.0. The van der Waals surface area contributed by atoms with E-state index < -0.39 is 6.10 Å². The Labute approximate surface area is 129 Å². The second-order valence-corrected chi connectivity index (χ2v) is 7.08. The highest BCUT2D eigenvalue weighted by Gasteiger charge is 2.30. The van der Waals surface area contributed by atoms with Crippen molar-refractivity contribution in [2.24, 2.45) is 11.3 Å². The molecule has 0 aliphatic heterocycles. The molecular formula is C16H24BrNO2. The summed E-state index contributed by atoms with van der Waals surface area (Å²) in [4.78, 5) is 12.0. The molecule has 0 aliphatic carbocycles. The molecule has 4 heteroatoms. The largest absolute Gasteiger partial charge is 0.392 e. The lowest BCUT2D eigenvalue weighted by Crippen LogP contribution is -2.44. The van der Waals surface area contributed by atoms with Crippen LogP contribution in [0.1, 0.15) is 33.3 Å². The highest BCUT2D eigenvalue weighted by atomic mass is 79.9. The highest BCUT2D eigenvalue weighted by molar-refractivity contribution is 9.10. The first kappa shape index (κ1) is 17.2. The lowest BCUT2D eigenvalue weighted by Gasteiger charge is -2.33. The van der Waals surface area contributed by atoms with Crippen LogP contribution in [0, 0.1) is 11.3 Å². The number of benzene rings is 1. The Balaban J connectivity index is 2.54. The number of aliphatic hydroxyl groups excluding tert-OH is 1. The number of nitrogens with one attached hydrogen (secondary N) is 1. The predicted molar refractivity (Wildman–Crippen MR) is 85.5 cm³/mol. The minimum atomic E-state index is -0.439. The lowest BCUT2D eigenvalue weighted by atomic mass is 9.80. The summed E-state index contributed by atoms with van der Waals surface area (Å²) in [7, 11) is 0. The van der Waals surface area contributed by atoms with Gasteiger partial charge in [0.1, 0.15) is 0 Å². The van der Waals surface area contributed by atoms with Gasteiger partial charge in [-0.1, -0.05) is 61.8 Å². The van der Waals surface area contributed by atoms with E-state index in [2.05, 4.69) is 21.2 Å². The molecule has 1 rings (SSSR count). The number of carbonyl (C=O) groups is 1.